The molecule has 0 aromatic heterocycles. The predicted octanol–water partition coefficient (Wildman–Crippen LogP) is 1.79. The van der Waals surface area contributed by atoms with Crippen molar-refractivity contribution in [1.82, 2.24) is 0 Å². The van der Waals surface area contributed by atoms with Crippen LogP contribution in [0.3, 0.4) is 0 Å². The standard InChI is InChI=1S/C11H10Br2O2/c12-8-4-2-1-3-5(4)9(13)11(15)7(3)6(2)10(8)14/h2-9H,1H2/t2-,3+,4-,5?,6+,7-,8-,9+/m0/s1. The van der Waals surface area contributed by atoms with Gasteiger partial charge in [-0.3, -0.25) is 9.59 Å². The molecular formula is C11H10Br2O2. The zero-order chi connectivity index (χ0) is 10.5. The van der Waals surface area contributed by atoms with Crippen molar-refractivity contribution in [2.24, 2.45) is 35.5 Å². The van der Waals surface area contributed by atoms with Gasteiger partial charge in [0.2, 0.25) is 0 Å². The highest BCUT2D eigenvalue weighted by Gasteiger charge is 2.74. The van der Waals surface area contributed by atoms with Crippen molar-refractivity contribution in [2.45, 2.75) is 16.1 Å². The van der Waals surface area contributed by atoms with Crippen LogP contribution in [0, 0.1) is 35.5 Å². The van der Waals surface area contributed by atoms with E-state index >= 15 is 0 Å². The van der Waals surface area contributed by atoms with Crippen LogP contribution in [0.4, 0.5) is 0 Å². The van der Waals surface area contributed by atoms with E-state index in [2.05, 4.69) is 31.9 Å². The molecule has 0 radical (unpaired) electrons. The normalized spacial score (nSPS) is 64.7. The highest BCUT2D eigenvalue weighted by molar-refractivity contribution is 9.10. The summed E-state index contributed by atoms with van der Waals surface area (Å²) in [6.45, 7) is 0. The molecule has 2 bridgehead atoms. The fraction of sp³-hybridized carbons (Fsp3) is 0.818. The molecule has 0 aromatic rings. The quantitative estimate of drug-likeness (QED) is 0.633. The molecule has 4 heteroatoms. The summed E-state index contributed by atoms with van der Waals surface area (Å²) in [5.41, 5.74) is 0. The van der Waals surface area contributed by atoms with Crippen LogP contribution in [0.1, 0.15) is 6.42 Å². The van der Waals surface area contributed by atoms with Gasteiger partial charge in [-0.15, -0.1) is 0 Å². The van der Waals surface area contributed by atoms with E-state index in [9.17, 15) is 9.59 Å². The lowest BCUT2D eigenvalue weighted by atomic mass is 9.79. The SMILES string of the molecule is O=C1[C@@H]2[C@H]3C[C@@H]4C([C@H]3[C@@H]1Br)[C@@H](Br)C(=O)[C@H]24. The molecule has 15 heavy (non-hydrogen) atoms. The van der Waals surface area contributed by atoms with Crippen LogP contribution in [0.2, 0.25) is 0 Å². The number of halogens is 2. The number of Topliss-reactive ketones (excluding diaryl/α,β-unsaturated/α-hetero) is 2. The van der Waals surface area contributed by atoms with E-state index in [1.807, 2.05) is 0 Å². The van der Waals surface area contributed by atoms with Crippen molar-refractivity contribution >= 4 is 43.4 Å². The fourth-order valence-electron chi connectivity index (χ4n) is 4.85. The summed E-state index contributed by atoms with van der Waals surface area (Å²) in [5, 5.41) is 0. The first-order chi connectivity index (χ1) is 7.13. The van der Waals surface area contributed by atoms with Gasteiger partial charge < -0.3 is 0 Å². The smallest absolute Gasteiger partial charge is 0.150 e. The molecule has 1 unspecified atom stereocenters. The third kappa shape index (κ3) is 0.791. The number of fused-ring (bicyclic) bond motifs is 2. The second-order valence-electron chi connectivity index (χ2n) is 5.38. The van der Waals surface area contributed by atoms with Gasteiger partial charge >= 0.3 is 0 Å². The van der Waals surface area contributed by atoms with Crippen LogP contribution in [-0.2, 0) is 9.59 Å². The number of carbonyl (C=O) groups is 2. The average Bonchev–Trinajstić information content (AvgIpc) is 2.85. The second kappa shape index (κ2) is 2.58. The van der Waals surface area contributed by atoms with E-state index in [0.717, 1.165) is 6.42 Å². The molecule has 4 rings (SSSR count). The summed E-state index contributed by atoms with van der Waals surface area (Å²) in [4.78, 5) is 24.2. The van der Waals surface area contributed by atoms with E-state index in [1.165, 1.54) is 0 Å². The van der Waals surface area contributed by atoms with Gasteiger partial charge in [0, 0.05) is 11.8 Å². The molecule has 4 fully saturated rings. The minimum absolute atomic E-state index is 0.0284. The molecule has 4 saturated carbocycles. The minimum atomic E-state index is 0.0284. The Kier molecular flexibility index (Phi) is 1.61. The van der Waals surface area contributed by atoms with E-state index in [0.29, 0.717) is 35.2 Å². The van der Waals surface area contributed by atoms with Crippen molar-refractivity contribution in [3.05, 3.63) is 0 Å². The second-order valence-corrected chi connectivity index (χ2v) is 7.35. The van der Waals surface area contributed by atoms with Crippen LogP contribution >= 0.6 is 31.9 Å². The number of alkyl halides is 2. The Morgan fingerprint density at radius 2 is 1.27 bits per heavy atom. The van der Waals surface area contributed by atoms with Gasteiger partial charge in [-0.25, -0.2) is 0 Å². The molecule has 0 heterocycles. The van der Waals surface area contributed by atoms with Gasteiger partial charge in [-0.1, -0.05) is 31.9 Å². The van der Waals surface area contributed by atoms with E-state index < -0.39 is 0 Å². The van der Waals surface area contributed by atoms with Gasteiger partial charge in [0.15, 0.2) is 11.6 Å². The molecule has 0 aliphatic heterocycles. The molecule has 0 aromatic carbocycles. The van der Waals surface area contributed by atoms with Crippen LogP contribution < -0.4 is 0 Å². The van der Waals surface area contributed by atoms with Crippen molar-refractivity contribution in [1.29, 1.82) is 0 Å². The molecule has 4 aliphatic rings. The number of carbonyl (C=O) groups excluding carboxylic acids is 2. The lowest BCUT2D eigenvalue weighted by Gasteiger charge is -2.25. The summed E-state index contributed by atoms with van der Waals surface area (Å²) in [7, 11) is 0. The van der Waals surface area contributed by atoms with Crippen LogP contribution in [-0.4, -0.2) is 21.2 Å². The maximum atomic E-state index is 12.1. The molecule has 4 aliphatic carbocycles. The first-order valence-electron chi connectivity index (χ1n) is 5.48. The van der Waals surface area contributed by atoms with Gasteiger partial charge in [-0.05, 0) is 30.1 Å². The maximum Gasteiger partial charge on any atom is 0.150 e. The molecule has 0 N–H and O–H groups in total. The van der Waals surface area contributed by atoms with Gasteiger partial charge in [0.25, 0.3) is 0 Å². The summed E-state index contributed by atoms with van der Waals surface area (Å²) in [6, 6.07) is 0. The fourth-order valence-corrected chi connectivity index (χ4v) is 6.95. The zero-order valence-electron chi connectivity index (χ0n) is 7.90. The van der Waals surface area contributed by atoms with E-state index in [-0.39, 0.29) is 21.5 Å². The van der Waals surface area contributed by atoms with Gasteiger partial charge in [0.05, 0.1) is 9.65 Å². The Labute approximate surface area is 104 Å². The molecule has 8 atom stereocenters. The third-order valence-electron chi connectivity index (χ3n) is 5.16. The maximum absolute atomic E-state index is 12.1. The van der Waals surface area contributed by atoms with Gasteiger partial charge in [0.1, 0.15) is 0 Å². The third-order valence-corrected chi connectivity index (χ3v) is 7.29. The van der Waals surface area contributed by atoms with Crippen molar-refractivity contribution in [3.8, 4) is 0 Å². The minimum Gasteiger partial charge on any atom is -0.298 e. The molecule has 80 valence electrons. The molecule has 0 amide bonds. The average molecular weight is 334 g/mol. The number of hydrogen-bond donors (Lipinski definition) is 0. The molecule has 0 saturated heterocycles. The number of ketones is 2. The first-order valence-corrected chi connectivity index (χ1v) is 7.31. The number of hydrogen-bond acceptors (Lipinski definition) is 2. The summed E-state index contributed by atoms with van der Waals surface area (Å²) in [6.07, 6.45) is 1.12. The van der Waals surface area contributed by atoms with Crippen molar-refractivity contribution in [2.75, 3.05) is 0 Å². The van der Waals surface area contributed by atoms with Crippen LogP contribution in [0.25, 0.3) is 0 Å². The van der Waals surface area contributed by atoms with Crippen molar-refractivity contribution < 1.29 is 9.59 Å². The van der Waals surface area contributed by atoms with E-state index in [1.54, 1.807) is 0 Å². The molecular weight excluding hydrogens is 324 g/mol. The number of rotatable bonds is 0. The lowest BCUT2D eigenvalue weighted by Crippen LogP contribution is -2.29. The monoisotopic (exact) mass is 332 g/mol. The predicted molar refractivity (Wildman–Crippen MR) is 61.0 cm³/mol. The van der Waals surface area contributed by atoms with Crippen LogP contribution in [0.5, 0.6) is 0 Å². The van der Waals surface area contributed by atoms with Gasteiger partial charge in [-0.2, -0.15) is 0 Å². The Balaban J connectivity index is 1.93. The summed E-state index contributed by atoms with van der Waals surface area (Å²) >= 11 is 7.09. The first kappa shape index (κ1) is 9.34. The van der Waals surface area contributed by atoms with E-state index in [4.69, 9.17) is 0 Å². The highest BCUT2D eigenvalue weighted by Crippen LogP contribution is 2.70. The topological polar surface area (TPSA) is 34.1 Å². The van der Waals surface area contributed by atoms with Crippen molar-refractivity contribution in [3.63, 3.8) is 0 Å². The summed E-state index contributed by atoms with van der Waals surface area (Å²) < 4.78 is 0. The summed E-state index contributed by atoms with van der Waals surface area (Å²) in [5.74, 6) is 2.63. The Morgan fingerprint density at radius 3 is 1.67 bits per heavy atom. The molecule has 2 nitrogen and oxygen atoms in total. The Morgan fingerprint density at radius 1 is 0.867 bits per heavy atom. The largest absolute Gasteiger partial charge is 0.298 e. The van der Waals surface area contributed by atoms with Crippen LogP contribution in [0.15, 0.2) is 0 Å². The Bertz CT molecular complexity index is 358. The molecule has 0 spiro atoms. The lowest BCUT2D eigenvalue weighted by molar-refractivity contribution is -0.128. The highest BCUT2D eigenvalue weighted by atomic mass is 79.9. The zero-order valence-corrected chi connectivity index (χ0v) is 11.1. The Hall–Kier alpha value is 0.300.